The Bertz CT molecular complexity index is 1210. The molecule has 2 aromatic rings. The summed E-state index contributed by atoms with van der Waals surface area (Å²) in [6.45, 7) is 3.72. The molecule has 4 N–H and O–H groups in total. The van der Waals surface area contributed by atoms with E-state index in [1.807, 2.05) is 30.3 Å². The van der Waals surface area contributed by atoms with E-state index in [4.69, 9.17) is 0 Å². The molecule has 39 heavy (non-hydrogen) atoms. The van der Waals surface area contributed by atoms with Crippen LogP contribution in [0.25, 0.3) is 0 Å². The van der Waals surface area contributed by atoms with Crippen molar-refractivity contribution in [1.82, 2.24) is 10.2 Å². The normalized spacial score (nSPS) is 21.6. The van der Waals surface area contributed by atoms with E-state index < -0.39 is 17.4 Å². The van der Waals surface area contributed by atoms with Crippen LogP contribution in [0.4, 0.5) is 11.4 Å². The standard InChI is InChI=1S/C30H38N4O5/c1-21(8-6-12-27(36)34(16-17-35)20-22-9-4-3-5-10-22)30(39)25-18-24(13-14-26(25)33(2)29(30)38)32-28(37)23-11-7-15-31-19-23/h3-6,8-10,13-14,18,21,23,31,35,39H,7,11-12,15-17,19-20H2,1-2H3,(H,32,37)/b8-6+/t21-,23?,30+/m1/s1. The number of carbonyl (C=O) groups is 3. The van der Waals surface area contributed by atoms with Crippen LogP contribution >= 0.6 is 0 Å². The van der Waals surface area contributed by atoms with E-state index in [0.717, 1.165) is 24.9 Å². The van der Waals surface area contributed by atoms with E-state index >= 15 is 0 Å². The Balaban J connectivity index is 1.47. The summed E-state index contributed by atoms with van der Waals surface area (Å²) >= 11 is 0. The highest BCUT2D eigenvalue weighted by Gasteiger charge is 2.51. The zero-order valence-electron chi connectivity index (χ0n) is 22.6. The maximum Gasteiger partial charge on any atom is 0.264 e. The lowest BCUT2D eigenvalue weighted by Gasteiger charge is -2.27. The van der Waals surface area contributed by atoms with Gasteiger partial charge in [-0.25, -0.2) is 0 Å². The SMILES string of the molecule is C[C@H](/C=C/CC(=O)N(CCO)Cc1ccccc1)[C@@]1(O)C(=O)N(C)c2ccc(NC(=O)C3CCCNC3)cc21. The second-order valence-electron chi connectivity index (χ2n) is 10.3. The first-order valence-corrected chi connectivity index (χ1v) is 13.5. The highest BCUT2D eigenvalue weighted by atomic mass is 16.3. The molecule has 2 heterocycles. The topological polar surface area (TPSA) is 122 Å². The lowest BCUT2D eigenvalue weighted by Crippen LogP contribution is -2.43. The van der Waals surface area contributed by atoms with E-state index in [1.165, 1.54) is 4.90 Å². The molecule has 2 aliphatic rings. The van der Waals surface area contributed by atoms with Gasteiger partial charge in [-0.05, 0) is 43.1 Å². The fraction of sp³-hybridized carbons (Fsp3) is 0.433. The smallest absolute Gasteiger partial charge is 0.264 e. The molecule has 0 bridgehead atoms. The number of hydrogen-bond acceptors (Lipinski definition) is 6. The molecular weight excluding hydrogens is 496 g/mol. The summed E-state index contributed by atoms with van der Waals surface area (Å²) in [6.07, 6.45) is 5.16. The van der Waals surface area contributed by atoms with Crippen molar-refractivity contribution in [3.05, 3.63) is 71.8 Å². The van der Waals surface area contributed by atoms with E-state index in [-0.39, 0.29) is 37.3 Å². The lowest BCUT2D eigenvalue weighted by atomic mass is 9.82. The largest absolute Gasteiger partial charge is 0.395 e. The second kappa shape index (κ2) is 12.5. The summed E-state index contributed by atoms with van der Waals surface area (Å²) in [7, 11) is 1.61. The van der Waals surface area contributed by atoms with Crippen molar-refractivity contribution in [3.63, 3.8) is 0 Å². The number of amides is 3. The van der Waals surface area contributed by atoms with Gasteiger partial charge in [-0.3, -0.25) is 14.4 Å². The fourth-order valence-corrected chi connectivity index (χ4v) is 5.31. The van der Waals surface area contributed by atoms with Gasteiger partial charge in [0.15, 0.2) is 5.60 Å². The summed E-state index contributed by atoms with van der Waals surface area (Å²) in [5.41, 5.74) is 0.644. The molecule has 1 fully saturated rings. The van der Waals surface area contributed by atoms with Gasteiger partial charge < -0.3 is 30.6 Å². The van der Waals surface area contributed by atoms with Gasteiger partial charge in [0.1, 0.15) is 0 Å². The molecule has 0 radical (unpaired) electrons. The quantitative estimate of drug-likeness (QED) is 0.347. The van der Waals surface area contributed by atoms with Crippen molar-refractivity contribution < 1.29 is 24.6 Å². The van der Waals surface area contributed by atoms with Crippen LogP contribution in [-0.4, -0.2) is 66.1 Å². The first-order chi connectivity index (χ1) is 18.8. The van der Waals surface area contributed by atoms with Crippen LogP contribution < -0.4 is 15.5 Å². The molecule has 208 valence electrons. The monoisotopic (exact) mass is 534 g/mol. The van der Waals surface area contributed by atoms with Crippen molar-refractivity contribution in [3.8, 4) is 0 Å². The number of anilines is 2. The molecule has 2 aliphatic heterocycles. The number of nitrogens with one attached hydrogen (secondary N) is 2. The molecule has 1 saturated heterocycles. The van der Waals surface area contributed by atoms with Gasteiger partial charge in [0.2, 0.25) is 11.8 Å². The zero-order valence-corrected chi connectivity index (χ0v) is 22.6. The lowest BCUT2D eigenvalue weighted by molar-refractivity contribution is -0.139. The molecule has 1 unspecified atom stereocenters. The molecule has 0 spiro atoms. The molecule has 0 aliphatic carbocycles. The Hall–Kier alpha value is -3.53. The number of likely N-dealkylation sites (N-methyl/N-ethyl adjacent to an activating group) is 1. The summed E-state index contributed by atoms with van der Waals surface area (Å²) in [5, 5.41) is 27.3. The zero-order chi connectivity index (χ0) is 28.0. The number of fused-ring (bicyclic) bond motifs is 1. The summed E-state index contributed by atoms with van der Waals surface area (Å²) < 4.78 is 0. The molecule has 3 atom stereocenters. The van der Waals surface area contributed by atoms with Gasteiger partial charge in [-0.15, -0.1) is 0 Å². The van der Waals surface area contributed by atoms with Crippen LogP contribution in [0.1, 0.15) is 37.3 Å². The van der Waals surface area contributed by atoms with Crippen LogP contribution in [0.2, 0.25) is 0 Å². The predicted octanol–water partition coefficient (Wildman–Crippen LogP) is 2.39. The Morgan fingerprint density at radius 2 is 2.03 bits per heavy atom. The van der Waals surface area contributed by atoms with E-state index in [0.29, 0.717) is 30.0 Å². The van der Waals surface area contributed by atoms with Gasteiger partial charge >= 0.3 is 0 Å². The first kappa shape index (κ1) is 28.5. The van der Waals surface area contributed by atoms with Gasteiger partial charge in [-0.1, -0.05) is 49.4 Å². The van der Waals surface area contributed by atoms with Crippen molar-refractivity contribution in [1.29, 1.82) is 0 Å². The molecule has 3 amide bonds. The Labute approximate surface area is 229 Å². The maximum absolute atomic E-state index is 13.2. The Kier molecular flexibility index (Phi) is 9.16. The third-order valence-electron chi connectivity index (χ3n) is 7.65. The predicted molar refractivity (Wildman–Crippen MR) is 150 cm³/mol. The third kappa shape index (κ3) is 6.21. The molecule has 0 saturated carbocycles. The van der Waals surface area contributed by atoms with E-state index in [9.17, 15) is 24.6 Å². The van der Waals surface area contributed by atoms with Gasteiger partial charge in [0.05, 0.1) is 18.2 Å². The molecule has 4 rings (SSSR count). The van der Waals surface area contributed by atoms with Crippen molar-refractivity contribution >= 4 is 29.1 Å². The minimum absolute atomic E-state index is 0.0651. The minimum atomic E-state index is -1.84. The Morgan fingerprint density at radius 3 is 2.72 bits per heavy atom. The van der Waals surface area contributed by atoms with Crippen LogP contribution in [0, 0.1) is 11.8 Å². The second-order valence-corrected chi connectivity index (χ2v) is 10.3. The summed E-state index contributed by atoms with van der Waals surface area (Å²) in [5.74, 6) is -1.48. The average Bonchev–Trinajstić information content (AvgIpc) is 3.15. The summed E-state index contributed by atoms with van der Waals surface area (Å²) in [6, 6.07) is 14.7. The highest BCUT2D eigenvalue weighted by Crippen LogP contribution is 2.45. The number of piperidine rings is 1. The van der Waals surface area contributed by atoms with Crippen molar-refractivity contribution in [2.45, 2.75) is 38.3 Å². The first-order valence-electron chi connectivity index (χ1n) is 13.5. The number of hydrogen-bond donors (Lipinski definition) is 4. The number of carbonyl (C=O) groups excluding carboxylic acids is 3. The summed E-state index contributed by atoms with van der Waals surface area (Å²) in [4.78, 5) is 41.9. The maximum atomic E-state index is 13.2. The van der Waals surface area contributed by atoms with Crippen LogP contribution in [0.3, 0.4) is 0 Å². The van der Waals surface area contributed by atoms with E-state index in [2.05, 4.69) is 10.6 Å². The van der Waals surface area contributed by atoms with Crippen LogP contribution in [0.5, 0.6) is 0 Å². The van der Waals surface area contributed by atoms with Crippen molar-refractivity contribution in [2.75, 3.05) is 43.5 Å². The number of aliphatic hydroxyl groups excluding tert-OH is 1. The molecule has 2 aromatic carbocycles. The van der Waals surface area contributed by atoms with E-state index in [1.54, 1.807) is 49.2 Å². The minimum Gasteiger partial charge on any atom is -0.395 e. The number of rotatable bonds is 10. The fourth-order valence-electron chi connectivity index (χ4n) is 5.31. The third-order valence-corrected chi connectivity index (χ3v) is 7.65. The van der Waals surface area contributed by atoms with Crippen molar-refractivity contribution in [2.24, 2.45) is 11.8 Å². The molecular formula is C30H38N4O5. The number of nitrogens with zero attached hydrogens (tertiary/aromatic N) is 2. The average molecular weight is 535 g/mol. The molecule has 9 nitrogen and oxygen atoms in total. The van der Waals surface area contributed by atoms with Gasteiger partial charge in [0, 0.05) is 50.3 Å². The van der Waals surface area contributed by atoms with Gasteiger partial charge in [0.25, 0.3) is 5.91 Å². The number of aliphatic hydroxyl groups is 2. The highest BCUT2D eigenvalue weighted by molar-refractivity contribution is 6.07. The molecule has 9 heteroatoms. The Morgan fingerprint density at radius 1 is 1.26 bits per heavy atom. The molecule has 0 aromatic heterocycles. The van der Waals surface area contributed by atoms with Crippen LogP contribution in [-0.2, 0) is 26.5 Å². The van der Waals surface area contributed by atoms with Gasteiger partial charge in [-0.2, -0.15) is 0 Å². The van der Waals surface area contributed by atoms with Crippen LogP contribution in [0.15, 0.2) is 60.7 Å². The number of benzene rings is 2.